The smallest absolute Gasteiger partial charge is 0.146 e. The summed E-state index contributed by atoms with van der Waals surface area (Å²) in [5.41, 5.74) is 9.63. The molecule has 4 heterocycles. The molecule has 4 aromatic heterocycles. The Kier molecular flexibility index (Phi) is 7.65. The van der Waals surface area contributed by atoms with E-state index in [9.17, 15) is 0 Å². The lowest BCUT2D eigenvalue weighted by atomic mass is 9.96. The highest BCUT2D eigenvalue weighted by atomic mass is 32.4. The zero-order valence-electron chi connectivity index (χ0n) is 31.7. The first-order chi connectivity index (χ1) is 29.1. The van der Waals surface area contributed by atoms with E-state index in [1.54, 1.807) is 0 Å². The maximum absolute atomic E-state index is 6.81. The molecule has 0 aliphatic carbocycles. The molecule has 8 aromatic carbocycles. The van der Waals surface area contributed by atoms with Crippen LogP contribution in [0.15, 0.2) is 201 Å². The number of hydrogen-bond acceptors (Lipinski definition) is 4. The molecule has 6 heteroatoms. The van der Waals surface area contributed by atoms with Gasteiger partial charge in [0.25, 0.3) is 0 Å². The largest absolute Gasteiger partial charge is 0.292 e. The molecule has 0 saturated heterocycles. The molecule has 0 radical (unpaired) electrons. The Hall–Kier alpha value is -7.04. The summed E-state index contributed by atoms with van der Waals surface area (Å²) in [5.74, 6) is 0. The molecule has 4 nitrogen and oxygen atoms in total. The van der Waals surface area contributed by atoms with Gasteiger partial charge in [-0.15, -0.1) is 0 Å². The summed E-state index contributed by atoms with van der Waals surface area (Å²) in [6, 6.07) is 63.3. The summed E-state index contributed by atoms with van der Waals surface area (Å²) in [4.78, 5) is 14.2. The summed E-state index contributed by atoms with van der Waals surface area (Å²) in [7, 11) is 0. The number of nitrogens with zero attached hydrogens (tertiary/aromatic N) is 4. The van der Waals surface area contributed by atoms with Gasteiger partial charge in [-0.1, -0.05) is 121 Å². The quantitative estimate of drug-likeness (QED) is 0.0990. The highest BCUT2D eigenvalue weighted by molar-refractivity contribution is 8.25. The lowest BCUT2D eigenvalue weighted by Crippen LogP contribution is -2.24. The lowest BCUT2D eigenvalue weighted by Gasteiger charge is -2.25. The zero-order chi connectivity index (χ0) is 39.1. The molecule has 276 valence electrons. The van der Waals surface area contributed by atoms with Crippen molar-refractivity contribution in [3.05, 3.63) is 201 Å². The molecule has 1 atom stereocenters. The highest BCUT2D eigenvalue weighted by Gasteiger charge is 2.26. The van der Waals surface area contributed by atoms with E-state index in [2.05, 4.69) is 184 Å². The highest BCUT2D eigenvalue weighted by Crippen LogP contribution is 2.44. The van der Waals surface area contributed by atoms with Crippen LogP contribution in [0.5, 0.6) is 0 Å². The van der Waals surface area contributed by atoms with Crippen molar-refractivity contribution in [2.75, 3.05) is 0 Å². The van der Waals surface area contributed by atoms with Crippen LogP contribution in [0.4, 0.5) is 0 Å². The van der Waals surface area contributed by atoms with Crippen LogP contribution in [0.25, 0.3) is 93.1 Å². The van der Waals surface area contributed by atoms with Crippen LogP contribution in [-0.2, 0) is 11.8 Å². The second kappa shape index (κ2) is 13.3. The van der Waals surface area contributed by atoms with E-state index in [0.717, 1.165) is 55.2 Å². The van der Waals surface area contributed by atoms with Gasteiger partial charge < -0.3 is 0 Å². The summed E-state index contributed by atoms with van der Waals surface area (Å²) in [5, 5.41) is 12.9. The number of benzene rings is 8. The van der Waals surface area contributed by atoms with Crippen molar-refractivity contribution in [2.45, 2.75) is 0 Å². The van der Waals surface area contributed by atoms with Crippen LogP contribution in [0.1, 0.15) is 0 Å². The van der Waals surface area contributed by atoms with Gasteiger partial charge in [0, 0.05) is 46.4 Å². The normalized spacial score (nSPS) is 12.9. The Morgan fingerprint density at radius 3 is 1.90 bits per heavy atom. The molecule has 0 aliphatic heterocycles. The summed E-state index contributed by atoms with van der Waals surface area (Å²) >= 11 is 6.81. The van der Waals surface area contributed by atoms with Crippen molar-refractivity contribution in [3.8, 4) is 22.3 Å². The van der Waals surface area contributed by atoms with Crippen LogP contribution in [0.3, 0.4) is 0 Å². The predicted octanol–water partition coefficient (Wildman–Crippen LogP) is 12.1. The minimum atomic E-state index is -2.38. The van der Waals surface area contributed by atoms with E-state index >= 15 is 0 Å². The number of hydrogen-bond donors (Lipinski definition) is 0. The van der Waals surface area contributed by atoms with Gasteiger partial charge in [0.2, 0.25) is 0 Å². The molecular weight excluding hydrogens is 756 g/mol. The fraction of sp³-hybridized carbons (Fsp3) is 0. The van der Waals surface area contributed by atoms with Gasteiger partial charge in [-0.05, 0) is 132 Å². The van der Waals surface area contributed by atoms with E-state index in [-0.39, 0.29) is 0 Å². The van der Waals surface area contributed by atoms with Crippen LogP contribution in [0, 0.1) is 0 Å². The second-order valence-corrected chi connectivity index (χ2v) is 19.7. The van der Waals surface area contributed by atoms with Crippen molar-refractivity contribution >= 4 is 105 Å². The third-order valence-corrected chi connectivity index (χ3v) is 16.8. The third-order valence-electron chi connectivity index (χ3n) is 11.9. The maximum atomic E-state index is 6.81. The fourth-order valence-electron chi connectivity index (χ4n) is 8.94. The van der Waals surface area contributed by atoms with Crippen LogP contribution in [-0.4, -0.2) is 19.4 Å². The number of fused-ring (bicyclic) bond motifs is 11. The second-order valence-electron chi connectivity index (χ2n) is 15.3. The maximum Gasteiger partial charge on any atom is 0.146 e. The van der Waals surface area contributed by atoms with Crippen molar-refractivity contribution in [1.29, 1.82) is 0 Å². The van der Waals surface area contributed by atoms with E-state index in [4.69, 9.17) is 16.8 Å². The van der Waals surface area contributed by atoms with Gasteiger partial charge >= 0.3 is 0 Å². The molecule has 0 saturated carbocycles. The Bertz CT molecular complexity index is 3710. The van der Waals surface area contributed by atoms with Crippen LogP contribution < -0.4 is 15.9 Å². The summed E-state index contributed by atoms with van der Waals surface area (Å²) < 4.78 is 2.34. The molecule has 0 aliphatic rings. The van der Waals surface area contributed by atoms with Crippen molar-refractivity contribution in [1.82, 2.24) is 19.4 Å². The monoisotopic (exact) mass is 788 g/mol. The van der Waals surface area contributed by atoms with E-state index in [1.807, 2.05) is 30.7 Å². The molecule has 0 fully saturated rings. The third kappa shape index (κ3) is 5.43. The molecular formula is C53H33N4PS. The molecule has 12 aromatic rings. The van der Waals surface area contributed by atoms with E-state index < -0.39 is 6.04 Å². The average molecular weight is 789 g/mol. The van der Waals surface area contributed by atoms with Crippen molar-refractivity contribution in [2.24, 2.45) is 0 Å². The number of pyridine rings is 3. The number of rotatable bonds is 5. The fourth-order valence-corrected chi connectivity index (χ4v) is 12.7. The molecule has 0 bridgehead atoms. The Balaban J connectivity index is 1.03. The molecule has 12 rings (SSSR count). The zero-order valence-corrected chi connectivity index (χ0v) is 33.4. The molecule has 0 N–H and O–H groups in total. The summed E-state index contributed by atoms with van der Waals surface area (Å²) in [6.45, 7) is 0. The van der Waals surface area contributed by atoms with Gasteiger partial charge in [0.15, 0.2) is 0 Å². The van der Waals surface area contributed by atoms with Gasteiger partial charge in [-0.25, -0.2) is 4.98 Å². The SMILES string of the molecule is S=P(c1ccccc1)(c1ccc2cc(-c3ccc4c(c3)c3cc5ccccc5cc3c3nc5ccc(-c6cccnc6)cc5n43)ccc2c1)c1ccc2ncccc2c1. The van der Waals surface area contributed by atoms with Gasteiger partial charge in [-0.3, -0.25) is 14.4 Å². The van der Waals surface area contributed by atoms with Crippen LogP contribution >= 0.6 is 6.04 Å². The summed E-state index contributed by atoms with van der Waals surface area (Å²) in [6.07, 6.45) is 5.57. The minimum absolute atomic E-state index is 0.961. The first kappa shape index (κ1) is 34.0. The lowest BCUT2D eigenvalue weighted by molar-refractivity contribution is 1.31. The molecule has 59 heavy (non-hydrogen) atoms. The van der Waals surface area contributed by atoms with Gasteiger partial charge in [-0.2, -0.15) is 0 Å². The first-order valence-electron chi connectivity index (χ1n) is 19.8. The topological polar surface area (TPSA) is 43.1 Å². The Morgan fingerprint density at radius 2 is 1.05 bits per heavy atom. The van der Waals surface area contributed by atoms with Gasteiger partial charge in [0.05, 0.1) is 22.1 Å². The molecule has 1 unspecified atom stereocenters. The molecule has 0 spiro atoms. The van der Waals surface area contributed by atoms with Crippen LogP contribution in [0.2, 0.25) is 0 Å². The van der Waals surface area contributed by atoms with E-state index in [0.29, 0.717) is 0 Å². The van der Waals surface area contributed by atoms with E-state index in [1.165, 1.54) is 53.8 Å². The minimum Gasteiger partial charge on any atom is -0.292 e. The van der Waals surface area contributed by atoms with Gasteiger partial charge in [0.1, 0.15) is 5.65 Å². The first-order valence-corrected chi connectivity index (χ1v) is 22.6. The average Bonchev–Trinajstić information content (AvgIpc) is 3.70. The Labute approximate surface area is 345 Å². The Morgan fingerprint density at radius 1 is 0.407 bits per heavy atom. The standard InChI is InChI=1S/C53H33N4PS/c59-58(43-12-2-1-3-13-43,45-20-22-49-41(28-45)10-7-25-55-49)44-19-16-37-26-36(14-15-38(37)27-44)39-18-23-51-47(30-39)46-29-34-8-4-5-9-35(34)31-48(46)53-56-50-21-17-40(32-52(50)57(51)53)42-11-6-24-54-33-42/h1-33H. The number of aromatic nitrogens is 4. The van der Waals surface area contributed by atoms with Crippen molar-refractivity contribution < 1.29 is 0 Å². The van der Waals surface area contributed by atoms with Crippen molar-refractivity contribution in [3.63, 3.8) is 0 Å². The predicted molar refractivity (Wildman–Crippen MR) is 253 cm³/mol. The molecule has 0 amide bonds. The number of imidazole rings is 1.